The number of carbonyl (C=O) groups is 2. The van der Waals surface area contributed by atoms with E-state index in [1.54, 1.807) is 30.3 Å². The van der Waals surface area contributed by atoms with Gasteiger partial charge in [-0.15, -0.1) is 0 Å². The molecule has 0 aliphatic rings. The van der Waals surface area contributed by atoms with Crippen LogP contribution in [-0.4, -0.2) is 32.1 Å². The minimum atomic E-state index is -0.504. The molecule has 1 amide bonds. The topological polar surface area (TPSA) is 64.6 Å². The van der Waals surface area contributed by atoms with Crippen LogP contribution in [0.25, 0.3) is 6.08 Å². The van der Waals surface area contributed by atoms with E-state index in [9.17, 15) is 9.59 Å². The Balaban J connectivity index is 1.75. The summed E-state index contributed by atoms with van der Waals surface area (Å²) in [6, 6.07) is 16.5. The summed E-state index contributed by atoms with van der Waals surface area (Å²) >= 11 is 0. The van der Waals surface area contributed by atoms with Crippen molar-refractivity contribution in [2.45, 2.75) is 0 Å². The van der Waals surface area contributed by atoms with Gasteiger partial charge in [-0.25, -0.2) is 0 Å². The first-order valence-electron chi connectivity index (χ1n) is 7.49. The Bertz CT molecular complexity index is 710. The van der Waals surface area contributed by atoms with Crippen LogP contribution in [0.5, 0.6) is 5.75 Å². The van der Waals surface area contributed by atoms with Gasteiger partial charge in [-0.1, -0.05) is 48.5 Å². The van der Waals surface area contributed by atoms with Gasteiger partial charge in [0.05, 0.1) is 12.7 Å². The normalized spacial score (nSPS) is 10.4. The van der Waals surface area contributed by atoms with Crippen LogP contribution in [0.15, 0.2) is 60.7 Å². The first-order chi connectivity index (χ1) is 11.7. The summed E-state index contributed by atoms with van der Waals surface area (Å²) in [7, 11) is 1.49. The van der Waals surface area contributed by atoms with Crippen molar-refractivity contribution >= 4 is 18.0 Å². The van der Waals surface area contributed by atoms with E-state index in [2.05, 4.69) is 5.32 Å². The molecule has 1 N–H and O–H groups in total. The average Bonchev–Trinajstić information content (AvgIpc) is 2.64. The second-order valence-corrected chi connectivity index (χ2v) is 4.88. The van der Waals surface area contributed by atoms with Crippen molar-refractivity contribution in [3.05, 3.63) is 71.8 Å². The van der Waals surface area contributed by atoms with Crippen LogP contribution in [-0.2, 0) is 9.53 Å². The molecule has 2 aromatic carbocycles. The van der Waals surface area contributed by atoms with Crippen LogP contribution < -0.4 is 10.1 Å². The average molecular weight is 325 g/mol. The van der Waals surface area contributed by atoms with Crippen molar-refractivity contribution < 1.29 is 19.1 Å². The lowest BCUT2D eigenvalue weighted by Gasteiger charge is -2.08. The lowest BCUT2D eigenvalue weighted by molar-refractivity contribution is -0.141. The zero-order valence-electron chi connectivity index (χ0n) is 13.4. The van der Waals surface area contributed by atoms with Crippen molar-refractivity contribution in [3.63, 3.8) is 0 Å². The summed E-state index contributed by atoms with van der Waals surface area (Å²) < 4.78 is 10.1. The molecule has 2 rings (SSSR count). The Hall–Kier alpha value is -3.08. The van der Waals surface area contributed by atoms with E-state index >= 15 is 0 Å². The number of hydrogen-bond donors (Lipinski definition) is 1. The zero-order chi connectivity index (χ0) is 17.2. The summed E-state index contributed by atoms with van der Waals surface area (Å²) in [6.07, 6.45) is 3.61. The van der Waals surface area contributed by atoms with Crippen molar-refractivity contribution in [2.75, 3.05) is 20.3 Å². The Morgan fingerprint density at radius 2 is 1.75 bits per heavy atom. The number of benzene rings is 2. The van der Waals surface area contributed by atoms with Crippen LogP contribution in [0.1, 0.15) is 15.9 Å². The van der Waals surface area contributed by atoms with Crippen molar-refractivity contribution in [1.82, 2.24) is 5.32 Å². The fourth-order valence-electron chi connectivity index (χ4n) is 2.02. The first kappa shape index (κ1) is 17.3. The molecule has 124 valence electrons. The number of methoxy groups -OCH3 is 1. The monoisotopic (exact) mass is 325 g/mol. The third kappa shape index (κ3) is 5.28. The van der Waals surface area contributed by atoms with E-state index < -0.39 is 5.97 Å². The molecule has 0 radical (unpaired) electrons. The smallest absolute Gasteiger partial charge is 0.325 e. The van der Waals surface area contributed by atoms with Crippen molar-refractivity contribution in [2.24, 2.45) is 0 Å². The number of esters is 1. The van der Waals surface area contributed by atoms with Crippen molar-refractivity contribution in [1.29, 1.82) is 0 Å². The van der Waals surface area contributed by atoms with Gasteiger partial charge in [0.15, 0.2) is 0 Å². The van der Waals surface area contributed by atoms with Crippen LogP contribution in [0.4, 0.5) is 0 Å². The molecule has 0 bridgehead atoms. The summed E-state index contributed by atoms with van der Waals surface area (Å²) in [5.74, 6) is -0.436. The molecule has 5 heteroatoms. The summed E-state index contributed by atoms with van der Waals surface area (Å²) in [5, 5.41) is 2.51. The molecule has 0 heterocycles. The van der Waals surface area contributed by atoms with Crippen LogP contribution in [0.2, 0.25) is 0 Å². The number of nitrogens with one attached hydrogen (secondary N) is 1. The van der Waals surface area contributed by atoms with E-state index in [0.717, 1.165) is 5.56 Å². The molecular formula is C19H19NO4. The number of hydrogen-bond acceptors (Lipinski definition) is 4. The lowest BCUT2D eigenvalue weighted by Crippen LogP contribution is -2.30. The second-order valence-electron chi connectivity index (χ2n) is 4.88. The third-order valence-corrected chi connectivity index (χ3v) is 3.20. The standard InChI is InChI=1S/C19H19NO4/c1-23-17-12-6-5-11-16(17)19(22)20-14-18(21)24-13-7-10-15-8-3-2-4-9-15/h2-12H,13-14H2,1H3,(H,20,22)/b10-7+. The van der Waals surface area contributed by atoms with E-state index in [1.807, 2.05) is 36.4 Å². The number of ether oxygens (including phenoxy) is 2. The summed E-state index contributed by atoms with van der Waals surface area (Å²) in [5.41, 5.74) is 1.40. The number of amides is 1. The van der Waals surface area contributed by atoms with E-state index in [-0.39, 0.29) is 19.1 Å². The van der Waals surface area contributed by atoms with Gasteiger partial charge < -0.3 is 14.8 Å². The highest BCUT2D eigenvalue weighted by Crippen LogP contribution is 2.16. The SMILES string of the molecule is COc1ccccc1C(=O)NCC(=O)OC/C=C/c1ccccc1. The highest BCUT2D eigenvalue weighted by atomic mass is 16.5. The Labute approximate surface area is 140 Å². The lowest BCUT2D eigenvalue weighted by atomic mass is 10.2. The Morgan fingerprint density at radius 1 is 1.04 bits per heavy atom. The molecule has 0 atom stereocenters. The zero-order valence-corrected chi connectivity index (χ0v) is 13.4. The van der Waals surface area contributed by atoms with Crippen LogP contribution >= 0.6 is 0 Å². The molecule has 5 nitrogen and oxygen atoms in total. The van der Waals surface area contributed by atoms with E-state index in [0.29, 0.717) is 11.3 Å². The molecule has 0 aliphatic heterocycles. The van der Waals surface area contributed by atoms with Gasteiger partial charge in [-0.2, -0.15) is 0 Å². The molecule has 0 aromatic heterocycles. The largest absolute Gasteiger partial charge is 0.496 e. The molecule has 0 spiro atoms. The maximum Gasteiger partial charge on any atom is 0.325 e. The maximum absolute atomic E-state index is 12.0. The van der Waals surface area contributed by atoms with E-state index in [1.165, 1.54) is 7.11 Å². The van der Waals surface area contributed by atoms with Gasteiger partial charge in [0.1, 0.15) is 18.9 Å². The van der Waals surface area contributed by atoms with Gasteiger partial charge >= 0.3 is 5.97 Å². The predicted octanol–water partition coefficient (Wildman–Crippen LogP) is 2.68. The van der Waals surface area contributed by atoms with Crippen molar-refractivity contribution in [3.8, 4) is 5.75 Å². The van der Waals surface area contributed by atoms with Gasteiger partial charge in [-0.3, -0.25) is 9.59 Å². The van der Waals surface area contributed by atoms with Crippen LogP contribution in [0, 0.1) is 0 Å². The quantitative estimate of drug-likeness (QED) is 0.795. The molecule has 0 unspecified atom stereocenters. The molecule has 0 fully saturated rings. The minimum Gasteiger partial charge on any atom is -0.496 e. The molecule has 0 saturated heterocycles. The maximum atomic E-state index is 12.0. The fraction of sp³-hybridized carbons (Fsp3) is 0.158. The number of rotatable bonds is 7. The predicted molar refractivity (Wildman–Crippen MR) is 91.8 cm³/mol. The highest BCUT2D eigenvalue weighted by molar-refractivity contribution is 5.98. The Morgan fingerprint density at radius 3 is 2.50 bits per heavy atom. The van der Waals surface area contributed by atoms with Gasteiger partial charge in [0, 0.05) is 0 Å². The second kappa shape index (κ2) is 9.15. The molecule has 0 aliphatic carbocycles. The Kier molecular flexibility index (Phi) is 6.58. The molecule has 2 aromatic rings. The van der Waals surface area contributed by atoms with Gasteiger partial charge in [0.2, 0.25) is 0 Å². The summed E-state index contributed by atoms with van der Waals surface area (Å²) in [6.45, 7) is -0.0473. The fourth-order valence-corrected chi connectivity index (χ4v) is 2.02. The number of carbonyl (C=O) groups excluding carboxylic acids is 2. The molecule has 0 saturated carbocycles. The van der Waals surface area contributed by atoms with Gasteiger partial charge in [-0.05, 0) is 23.8 Å². The number of para-hydroxylation sites is 1. The summed E-state index contributed by atoms with van der Waals surface area (Å²) in [4.78, 5) is 23.7. The first-order valence-corrected chi connectivity index (χ1v) is 7.49. The van der Waals surface area contributed by atoms with E-state index in [4.69, 9.17) is 9.47 Å². The molecule has 24 heavy (non-hydrogen) atoms. The third-order valence-electron chi connectivity index (χ3n) is 3.20. The highest BCUT2D eigenvalue weighted by Gasteiger charge is 2.12. The van der Waals surface area contributed by atoms with Gasteiger partial charge in [0.25, 0.3) is 5.91 Å². The minimum absolute atomic E-state index is 0.151. The van der Waals surface area contributed by atoms with Crippen LogP contribution in [0.3, 0.4) is 0 Å². The molecular weight excluding hydrogens is 306 g/mol.